The Hall–Kier alpha value is -2.29. The summed E-state index contributed by atoms with van der Waals surface area (Å²) in [5, 5.41) is 8.91. The van der Waals surface area contributed by atoms with E-state index in [9.17, 15) is 4.79 Å². The van der Waals surface area contributed by atoms with Crippen LogP contribution >= 0.6 is 0 Å². The van der Waals surface area contributed by atoms with Crippen LogP contribution in [0.15, 0.2) is 42.5 Å². The van der Waals surface area contributed by atoms with Crippen LogP contribution in [0, 0.1) is 13.8 Å². The lowest BCUT2D eigenvalue weighted by atomic mass is 9.99. The van der Waals surface area contributed by atoms with Gasteiger partial charge in [0, 0.05) is 0 Å². The lowest BCUT2D eigenvalue weighted by molar-refractivity contribution is -0.136. The van der Waals surface area contributed by atoms with Gasteiger partial charge in [0.05, 0.1) is 6.42 Å². The monoisotopic (exact) mass is 270 g/mol. The Morgan fingerprint density at radius 3 is 2.25 bits per heavy atom. The second kappa shape index (κ2) is 6.24. The molecule has 2 aromatic carbocycles. The average molecular weight is 270 g/mol. The molecular formula is C17H18O3. The van der Waals surface area contributed by atoms with Crippen molar-refractivity contribution in [3.63, 3.8) is 0 Å². The lowest BCUT2D eigenvalue weighted by Gasteiger charge is -2.12. The molecule has 2 rings (SSSR count). The molecule has 0 heterocycles. The third-order valence-corrected chi connectivity index (χ3v) is 3.25. The Balaban J connectivity index is 2.12. The predicted octanol–water partition coefficient (Wildman–Crippen LogP) is 3.51. The van der Waals surface area contributed by atoms with Crippen molar-refractivity contribution in [2.75, 3.05) is 0 Å². The molecule has 0 aliphatic carbocycles. The molecule has 0 aliphatic rings. The molecule has 0 spiro atoms. The van der Waals surface area contributed by atoms with Crippen molar-refractivity contribution in [2.24, 2.45) is 0 Å². The molecule has 2 aromatic rings. The van der Waals surface area contributed by atoms with Crippen LogP contribution in [-0.2, 0) is 17.8 Å². The van der Waals surface area contributed by atoms with Gasteiger partial charge in [-0.3, -0.25) is 4.79 Å². The topological polar surface area (TPSA) is 46.5 Å². The molecule has 3 heteroatoms. The van der Waals surface area contributed by atoms with Gasteiger partial charge in [-0.15, -0.1) is 0 Å². The molecule has 0 saturated carbocycles. The number of aryl methyl sites for hydroxylation is 2. The summed E-state index contributed by atoms with van der Waals surface area (Å²) >= 11 is 0. The Bertz CT molecular complexity index is 580. The first-order valence-electron chi connectivity index (χ1n) is 6.55. The largest absolute Gasteiger partial charge is 0.489 e. The summed E-state index contributed by atoms with van der Waals surface area (Å²) in [5.74, 6) is -0.0351. The zero-order chi connectivity index (χ0) is 14.5. The zero-order valence-electron chi connectivity index (χ0n) is 11.7. The molecule has 0 atom stereocenters. The maximum absolute atomic E-state index is 10.8. The van der Waals surface area contributed by atoms with Crippen LogP contribution in [0.4, 0.5) is 0 Å². The van der Waals surface area contributed by atoms with Crippen molar-refractivity contribution >= 4 is 5.97 Å². The van der Waals surface area contributed by atoms with Crippen molar-refractivity contribution in [3.05, 3.63) is 64.7 Å². The van der Waals surface area contributed by atoms with Crippen LogP contribution in [0.3, 0.4) is 0 Å². The lowest BCUT2D eigenvalue weighted by Crippen LogP contribution is -2.05. The molecule has 104 valence electrons. The van der Waals surface area contributed by atoms with Crippen molar-refractivity contribution in [3.8, 4) is 5.75 Å². The molecule has 0 fully saturated rings. The number of carboxylic acids is 1. The first-order valence-corrected chi connectivity index (χ1v) is 6.55. The second-order valence-electron chi connectivity index (χ2n) is 4.88. The van der Waals surface area contributed by atoms with Crippen LogP contribution < -0.4 is 4.74 Å². The number of hydrogen-bond acceptors (Lipinski definition) is 2. The van der Waals surface area contributed by atoms with E-state index in [1.165, 1.54) is 0 Å². The molecule has 0 aliphatic heterocycles. The summed E-state index contributed by atoms with van der Waals surface area (Å²) in [6, 6.07) is 13.7. The third-order valence-electron chi connectivity index (χ3n) is 3.25. The van der Waals surface area contributed by atoms with Gasteiger partial charge >= 0.3 is 5.97 Å². The van der Waals surface area contributed by atoms with Crippen molar-refractivity contribution in [2.45, 2.75) is 26.9 Å². The highest BCUT2D eigenvalue weighted by atomic mass is 16.5. The second-order valence-corrected chi connectivity index (χ2v) is 4.88. The van der Waals surface area contributed by atoms with Gasteiger partial charge in [-0.2, -0.15) is 0 Å². The number of carbonyl (C=O) groups is 1. The summed E-state index contributed by atoms with van der Waals surface area (Å²) in [5.41, 5.74) is 3.88. The summed E-state index contributed by atoms with van der Waals surface area (Å²) < 4.78 is 5.77. The Morgan fingerprint density at radius 2 is 1.70 bits per heavy atom. The Labute approximate surface area is 118 Å². The molecule has 0 unspecified atom stereocenters. The fourth-order valence-electron chi connectivity index (χ4n) is 2.21. The minimum atomic E-state index is -0.811. The molecule has 0 aromatic heterocycles. The molecule has 1 N–H and O–H groups in total. The minimum absolute atomic E-state index is 0.0522. The van der Waals surface area contributed by atoms with Crippen LogP contribution in [-0.4, -0.2) is 11.1 Å². The number of ether oxygens (including phenoxy) is 1. The number of carboxylic acid groups (broad SMARTS) is 1. The smallest absolute Gasteiger partial charge is 0.307 e. The molecule has 0 bridgehead atoms. The molecule has 20 heavy (non-hydrogen) atoms. The van der Waals surface area contributed by atoms with E-state index in [4.69, 9.17) is 9.84 Å². The van der Waals surface area contributed by atoms with Gasteiger partial charge in [-0.05, 0) is 48.2 Å². The number of rotatable bonds is 5. The van der Waals surface area contributed by atoms with Gasteiger partial charge < -0.3 is 9.84 Å². The van der Waals surface area contributed by atoms with Gasteiger partial charge in [-0.25, -0.2) is 0 Å². The first kappa shape index (κ1) is 14.1. The molecule has 0 radical (unpaired) electrons. The van der Waals surface area contributed by atoms with E-state index in [2.05, 4.69) is 0 Å². The molecule has 3 nitrogen and oxygen atoms in total. The number of benzene rings is 2. The molecule has 0 saturated heterocycles. The van der Waals surface area contributed by atoms with E-state index in [1.54, 1.807) is 0 Å². The summed E-state index contributed by atoms with van der Waals surface area (Å²) in [6.07, 6.45) is 0.0522. The van der Waals surface area contributed by atoms with Crippen LogP contribution in [0.5, 0.6) is 5.75 Å². The maximum Gasteiger partial charge on any atom is 0.307 e. The number of hydrogen-bond donors (Lipinski definition) is 1. The van der Waals surface area contributed by atoms with E-state index >= 15 is 0 Å². The highest BCUT2D eigenvalue weighted by molar-refractivity contribution is 5.71. The van der Waals surface area contributed by atoms with Crippen LogP contribution in [0.25, 0.3) is 0 Å². The molecule has 0 amide bonds. The van der Waals surface area contributed by atoms with E-state index in [0.717, 1.165) is 28.0 Å². The van der Waals surface area contributed by atoms with Gasteiger partial charge in [0.2, 0.25) is 0 Å². The van der Waals surface area contributed by atoms with Gasteiger partial charge in [0.15, 0.2) is 0 Å². The van der Waals surface area contributed by atoms with Crippen LogP contribution in [0.2, 0.25) is 0 Å². The van der Waals surface area contributed by atoms with Crippen molar-refractivity contribution in [1.82, 2.24) is 0 Å². The third kappa shape index (κ3) is 3.60. The molecular weight excluding hydrogens is 252 g/mol. The first-order chi connectivity index (χ1) is 9.56. The fourth-order valence-corrected chi connectivity index (χ4v) is 2.21. The minimum Gasteiger partial charge on any atom is -0.489 e. The van der Waals surface area contributed by atoms with E-state index in [-0.39, 0.29) is 6.42 Å². The quantitative estimate of drug-likeness (QED) is 0.904. The van der Waals surface area contributed by atoms with Crippen molar-refractivity contribution < 1.29 is 14.6 Å². The highest BCUT2D eigenvalue weighted by Gasteiger charge is 2.09. The Morgan fingerprint density at radius 1 is 1.10 bits per heavy atom. The SMILES string of the molecule is Cc1cc(OCc2ccccc2)cc(C)c1CC(=O)O. The van der Waals surface area contributed by atoms with Crippen molar-refractivity contribution in [1.29, 1.82) is 0 Å². The Kier molecular flexibility index (Phi) is 4.41. The summed E-state index contributed by atoms with van der Waals surface area (Å²) in [4.78, 5) is 10.8. The van der Waals surface area contributed by atoms with E-state index in [1.807, 2.05) is 56.3 Å². The highest BCUT2D eigenvalue weighted by Crippen LogP contribution is 2.23. The fraction of sp³-hybridized carbons (Fsp3) is 0.235. The van der Waals surface area contributed by atoms with Gasteiger partial charge in [-0.1, -0.05) is 30.3 Å². The average Bonchev–Trinajstić information content (AvgIpc) is 2.41. The van der Waals surface area contributed by atoms with E-state index < -0.39 is 5.97 Å². The van der Waals surface area contributed by atoms with E-state index in [0.29, 0.717) is 6.61 Å². The normalized spacial score (nSPS) is 10.3. The summed E-state index contributed by atoms with van der Waals surface area (Å²) in [7, 11) is 0. The number of aliphatic carboxylic acids is 1. The maximum atomic E-state index is 10.8. The predicted molar refractivity (Wildman–Crippen MR) is 78.0 cm³/mol. The van der Waals surface area contributed by atoms with Gasteiger partial charge in [0.25, 0.3) is 0 Å². The standard InChI is InChI=1S/C17H18O3/c1-12-8-15(9-13(2)16(12)10-17(18)19)20-11-14-6-4-3-5-7-14/h3-9H,10-11H2,1-2H3,(H,18,19). The van der Waals surface area contributed by atoms with Crippen LogP contribution in [0.1, 0.15) is 22.3 Å². The summed E-state index contributed by atoms with van der Waals surface area (Å²) in [6.45, 7) is 4.35. The zero-order valence-corrected chi connectivity index (χ0v) is 11.7. The van der Waals surface area contributed by atoms with Gasteiger partial charge in [0.1, 0.15) is 12.4 Å².